The predicted molar refractivity (Wildman–Crippen MR) is 75.5 cm³/mol. The van der Waals surface area contributed by atoms with Gasteiger partial charge in [-0.2, -0.15) is 0 Å². The van der Waals surface area contributed by atoms with Crippen LogP contribution in [0.2, 0.25) is 0 Å². The zero-order chi connectivity index (χ0) is 14.8. The van der Waals surface area contributed by atoms with Crippen LogP contribution >= 0.6 is 0 Å². The summed E-state index contributed by atoms with van der Waals surface area (Å²) in [6, 6.07) is 3.79. The molecule has 0 bridgehead atoms. The second-order valence-electron chi connectivity index (χ2n) is 5.94. The number of carbonyl (C=O) groups is 1. The number of aliphatic hydroxyl groups is 1. The van der Waals surface area contributed by atoms with Gasteiger partial charge in [0.2, 0.25) is 0 Å². The average Bonchev–Trinajstić information content (AvgIpc) is 2.31. The molecule has 0 saturated carbocycles. The van der Waals surface area contributed by atoms with Gasteiger partial charge in [-0.1, -0.05) is 6.07 Å². The molecule has 6 heteroatoms. The second kappa shape index (κ2) is 5.66. The molecule has 20 heavy (non-hydrogen) atoms. The predicted octanol–water partition coefficient (Wildman–Crippen LogP) is 1.29. The lowest BCUT2D eigenvalue weighted by Crippen LogP contribution is -2.51. The molecule has 2 rings (SSSR count). The number of alkyl carbamates (subject to hydrolysis) is 1. The van der Waals surface area contributed by atoms with Crippen LogP contribution in [0.4, 0.5) is 10.6 Å². The van der Waals surface area contributed by atoms with Gasteiger partial charge in [0.05, 0.1) is 6.10 Å². The SMILES string of the molecule is CC(C)(C)OC(=O)NCc1ccc(N2CC(O)C2)nc1. The molecular weight excluding hydrogens is 258 g/mol. The van der Waals surface area contributed by atoms with Crippen molar-refractivity contribution < 1.29 is 14.6 Å². The maximum absolute atomic E-state index is 11.5. The first-order valence-corrected chi connectivity index (χ1v) is 6.68. The normalized spacial score (nSPS) is 15.7. The Kier molecular flexibility index (Phi) is 4.13. The van der Waals surface area contributed by atoms with Crippen LogP contribution in [0.1, 0.15) is 26.3 Å². The lowest BCUT2D eigenvalue weighted by Gasteiger charge is -2.36. The number of rotatable bonds is 3. The number of hydrogen-bond donors (Lipinski definition) is 2. The quantitative estimate of drug-likeness (QED) is 0.872. The maximum Gasteiger partial charge on any atom is 0.407 e. The van der Waals surface area contributed by atoms with E-state index in [-0.39, 0.29) is 6.10 Å². The van der Waals surface area contributed by atoms with Crippen LogP contribution in [0, 0.1) is 0 Å². The molecule has 1 aliphatic rings. The van der Waals surface area contributed by atoms with E-state index in [1.165, 1.54) is 0 Å². The number of anilines is 1. The largest absolute Gasteiger partial charge is 0.444 e. The molecule has 0 spiro atoms. The van der Waals surface area contributed by atoms with Crippen molar-refractivity contribution in [3.05, 3.63) is 23.9 Å². The van der Waals surface area contributed by atoms with Crippen molar-refractivity contribution in [3.8, 4) is 0 Å². The van der Waals surface area contributed by atoms with E-state index in [4.69, 9.17) is 4.74 Å². The van der Waals surface area contributed by atoms with E-state index in [2.05, 4.69) is 10.3 Å². The summed E-state index contributed by atoms with van der Waals surface area (Å²) in [5.41, 5.74) is 0.408. The molecule has 6 nitrogen and oxygen atoms in total. The summed E-state index contributed by atoms with van der Waals surface area (Å²) in [6.45, 7) is 7.11. The highest BCUT2D eigenvalue weighted by Crippen LogP contribution is 2.18. The summed E-state index contributed by atoms with van der Waals surface area (Å²) < 4.78 is 5.15. The minimum absolute atomic E-state index is 0.245. The molecule has 1 aromatic heterocycles. The van der Waals surface area contributed by atoms with Gasteiger partial charge in [0.25, 0.3) is 0 Å². The van der Waals surface area contributed by atoms with Gasteiger partial charge in [-0.05, 0) is 32.4 Å². The highest BCUT2D eigenvalue weighted by Gasteiger charge is 2.25. The van der Waals surface area contributed by atoms with E-state index in [0.717, 1.165) is 11.4 Å². The van der Waals surface area contributed by atoms with Gasteiger partial charge in [-0.15, -0.1) is 0 Å². The number of nitrogens with zero attached hydrogens (tertiary/aromatic N) is 2. The van der Waals surface area contributed by atoms with E-state index in [9.17, 15) is 9.90 Å². The summed E-state index contributed by atoms with van der Waals surface area (Å²) in [7, 11) is 0. The lowest BCUT2D eigenvalue weighted by atomic mass is 10.1. The molecule has 0 unspecified atom stereocenters. The van der Waals surface area contributed by atoms with Crippen molar-refractivity contribution in [3.63, 3.8) is 0 Å². The number of carbonyl (C=O) groups excluding carboxylic acids is 1. The first-order chi connectivity index (χ1) is 9.33. The minimum atomic E-state index is -0.496. The molecule has 1 aliphatic heterocycles. The molecule has 0 radical (unpaired) electrons. The molecule has 0 atom stereocenters. The number of hydrogen-bond acceptors (Lipinski definition) is 5. The van der Waals surface area contributed by atoms with Crippen molar-refractivity contribution in [2.24, 2.45) is 0 Å². The van der Waals surface area contributed by atoms with E-state index < -0.39 is 11.7 Å². The third-order valence-electron chi connectivity index (χ3n) is 2.83. The molecule has 1 aromatic rings. The summed E-state index contributed by atoms with van der Waals surface area (Å²) in [6.07, 6.45) is 1.04. The molecule has 0 aliphatic carbocycles. The first kappa shape index (κ1) is 14.6. The Labute approximate surface area is 118 Å². The molecule has 1 fully saturated rings. The number of aromatic nitrogens is 1. The van der Waals surface area contributed by atoms with Crippen LogP contribution in [-0.2, 0) is 11.3 Å². The van der Waals surface area contributed by atoms with Crippen LogP contribution in [-0.4, -0.2) is 41.0 Å². The minimum Gasteiger partial charge on any atom is -0.444 e. The number of nitrogens with one attached hydrogen (secondary N) is 1. The second-order valence-corrected chi connectivity index (χ2v) is 5.94. The fraction of sp³-hybridized carbons (Fsp3) is 0.571. The lowest BCUT2D eigenvalue weighted by molar-refractivity contribution is 0.0523. The van der Waals surface area contributed by atoms with Crippen molar-refractivity contribution in [1.29, 1.82) is 0 Å². The fourth-order valence-corrected chi connectivity index (χ4v) is 1.84. The van der Waals surface area contributed by atoms with Crippen LogP contribution in [0.5, 0.6) is 0 Å². The standard InChI is InChI=1S/C14H21N3O3/c1-14(2,3)20-13(19)16-7-10-4-5-12(15-6-10)17-8-11(18)9-17/h4-6,11,18H,7-9H2,1-3H3,(H,16,19). The number of amides is 1. The maximum atomic E-state index is 11.5. The number of ether oxygens (including phenoxy) is 1. The Balaban J connectivity index is 1.80. The van der Waals surface area contributed by atoms with Gasteiger partial charge >= 0.3 is 6.09 Å². The van der Waals surface area contributed by atoms with Crippen LogP contribution in [0.15, 0.2) is 18.3 Å². The Morgan fingerprint density at radius 2 is 2.20 bits per heavy atom. The van der Waals surface area contributed by atoms with Gasteiger partial charge in [0.15, 0.2) is 0 Å². The molecule has 2 N–H and O–H groups in total. The Morgan fingerprint density at radius 1 is 1.50 bits per heavy atom. The first-order valence-electron chi connectivity index (χ1n) is 6.68. The number of pyridine rings is 1. The molecule has 1 saturated heterocycles. The molecule has 110 valence electrons. The summed E-state index contributed by atoms with van der Waals surface area (Å²) in [5, 5.41) is 11.9. The molecular formula is C14H21N3O3. The smallest absolute Gasteiger partial charge is 0.407 e. The van der Waals surface area contributed by atoms with E-state index >= 15 is 0 Å². The van der Waals surface area contributed by atoms with Crippen molar-refractivity contribution in [2.45, 2.75) is 39.0 Å². The van der Waals surface area contributed by atoms with Gasteiger partial charge in [-0.3, -0.25) is 0 Å². The Bertz CT molecular complexity index is 462. The summed E-state index contributed by atoms with van der Waals surface area (Å²) in [4.78, 5) is 17.8. The van der Waals surface area contributed by atoms with Crippen LogP contribution < -0.4 is 10.2 Å². The molecule has 0 aromatic carbocycles. The Morgan fingerprint density at radius 3 is 2.70 bits per heavy atom. The van der Waals surface area contributed by atoms with Crippen LogP contribution in [0.25, 0.3) is 0 Å². The van der Waals surface area contributed by atoms with Crippen molar-refractivity contribution >= 4 is 11.9 Å². The highest BCUT2D eigenvalue weighted by atomic mass is 16.6. The molecule has 1 amide bonds. The highest BCUT2D eigenvalue weighted by molar-refractivity contribution is 5.67. The zero-order valence-corrected chi connectivity index (χ0v) is 12.1. The average molecular weight is 279 g/mol. The summed E-state index contributed by atoms with van der Waals surface area (Å²) in [5.74, 6) is 0.844. The summed E-state index contributed by atoms with van der Waals surface area (Å²) >= 11 is 0. The van der Waals surface area contributed by atoms with E-state index in [1.54, 1.807) is 6.20 Å². The third kappa shape index (κ3) is 4.09. The number of β-amino-alcohol motifs (C(OH)–C–C–N with tert-alkyl or cyclic N) is 1. The topological polar surface area (TPSA) is 74.7 Å². The molecule has 2 heterocycles. The van der Waals surface area contributed by atoms with Crippen molar-refractivity contribution in [2.75, 3.05) is 18.0 Å². The van der Waals surface area contributed by atoms with E-state index in [0.29, 0.717) is 19.6 Å². The van der Waals surface area contributed by atoms with Gasteiger partial charge in [0.1, 0.15) is 11.4 Å². The number of aliphatic hydroxyl groups excluding tert-OH is 1. The monoisotopic (exact) mass is 279 g/mol. The third-order valence-corrected chi connectivity index (χ3v) is 2.83. The van der Waals surface area contributed by atoms with Crippen molar-refractivity contribution in [1.82, 2.24) is 10.3 Å². The fourth-order valence-electron chi connectivity index (χ4n) is 1.84. The van der Waals surface area contributed by atoms with Gasteiger partial charge in [0, 0.05) is 25.8 Å². The Hall–Kier alpha value is -1.82. The van der Waals surface area contributed by atoms with Crippen LogP contribution in [0.3, 0.4) is 0 Å². The van der Waals surface area contributed by atoms with Gasteiger partial charge in [-0.25, -0.2) is 9.78 Å². The zero-order valence-electron chi connectivity index (χ0n) is 12.1. The van der Waals surface area contributed by atoms with Gasteiger partial charge < -0.3 is 20.1 Å². The van der Waals surface area contributed by atoms with E-state index in [1.807, 2.05) is 37.8 Å².